The number of nitrogens with zero attached hydrogens (tertiary/aromatic N) is 1. The van der Waals surface area contributed by atoms with Crippen molar-refractivity contribution in [3.05, 3.63) is 69.9 Å². The second-order valence-electron chi connectivity index (χ2n) is 5.79. The molecule has 0 aliphatic carbocycles. The van der Waals surface area contributed by atoms with E-state index in [0.29, 0.717) is 22.7 Å². The van der Waals surface area contributed by atoms with Gasteiger partial charge in [-0.15, -0.1) is 0 Å². The maximum atomic E-state index is 12.1. The molecule has 1 amide bonds. The van der Waals surface area contributed by atoms with Crippen LogP contribution in [0.5, 0.6) is 0 Å². The minimum atomic E-state index is -0.496. The van der Waals surface area contributed by atoms with Crippen LogP contribution >= 0.6 is 11.6 Å². The van der Waals surface area contributed by atoms with Crippen LogP contribution < -0.4 is 5.73 Å². The topological polar surface area (TPSA) is 65.1 Å². The molecule has 0 radical (unpaired) electrons. The van der Waals surface area contributed by atoms with Crippen LogP contribution in [0.4, 0.5) is 0 Å². The summed E-state index contributed by atoms with van der Waals surface area (Å²) in [7, 11) is 0. The lowest BCUT2D eigenvalue weighted by molar-refractivity contribution is 0.0996. The van der Waals surface area contributed by atoms with Crippen LogP contribution in [0.25, 0.3) is 10.9 Å². The van der Waals surface area contributed by atoms with Crippen molar-refractivity contribution >= 4 is 34.2 Å². The van der Waals surface area contributed by atoms with Crippen molar-refractivity contribution in [2.75, 3.05) is 0 Å². The van der Waals surface area contributed by atoms with Gasteiger partial charge in [0.1, 0.15) is 0 Å². The maximum absolute atomic E-state index is 12.1. The van der Waals surface area contributed by atoms with Gasteiger partial charge in [0.2, 0.25) is 5.91 Å². The Morgan fingerprint density at radius 3 is 2.50 bits per heavy atom. The van der Waals surface area contributed by atoms with Crippen LogP contribution in [0.2, 0.25) is 5.02 Å². The summed E-state index contributed by atoms with van der Waals surface area (Å²) in [5.41, 5.74) is 9.06. The molecule has 0 atom stereocenters. The number of rotatable bonds is 4. The van der Waals surface area contributed by atoms with Gasteiger partial charge in [0.25, 0.3) is 0 Å². The summed E-state index contributed by atoms with van der Waals surface area (Å²) in [5.74, 6) is -0.508. The molecule has 0 bridgehead atoms. The fraction of sp³-hybridized carbons (Fsp3) is 0.158. The van der Waals surface area contributed by atoms with E-state index < -0.39 is 5.91 Å². The lowest BCUT2D eigenvalue weighted by atomic mass is 10.1. The van der Waals surface area contributed by atoms with E-state index in [1.54, 1.807) is 25.1 Å². The molecule has 0 saturated heterocycles. The Kier molecular flexibility index (Phi) is 4.16. The van der Waals surface area contributed by atoms with E-state index in [-0.39, 0.29) is 5.78 Å². The highest BCUT2D eigenvalue weighted by molar-refractivity contribution is 6.31. The molecule has 0 saturated carbocycles. The van der Waals surface area contributed by atoms with Gasteiger partial charge in [0.05, 0.1) is 5.52 Å². The number of Topliss-reactive ketones (excluding diaryl/α,β-unsaturated/α-hetero) is 1. The second kappa shape index (κ2) is 6.13. The van der Waals surface area contributed by atoms with Gasteiger partial charge in [-0.1, -0.05) is 35.9 Å². The Labute approximate surface area is 144 Å². The molecule has 0 spiro atoms. The fourth-order valence-electron chi connectivity index (χ4n) is 3.08. The van der Waals surface area contributed by atoms with Crippen LogP contribution in [0, 0.1) is 6.92 Å². The normalized spacial score (nSPS) is 11.0. The van der Waals surface area contributed by atoms with E-state index in [1.807, 2.05) is 35.8 Å². The van der Waals surface area contributed by atoms with Gasteiger partial charge in [0.15, 0.2) is 5.78 Å². The molecule has 3 rings (SSSR count). The van der Waals surface area contributed by atoms with Crippen molar-refractivity contribution in [1.82, 2.24) is 4.57 Å². The van der Waals surface area contributed by atoms with Gasteiger partial charge >= 0.3 is 0 Å². The number of fused-ring (bicyclic) bond motifs is 1. The number of amides is 1. The zero-order valence-corrected chi connectivity index (χ0v) is 14.2. The molecular formula is C19H17ClN2O2. The summed E-state index contributed by atoms with van der Waals surface area (Å²) in [5, 5.41) is 1.48. The Hall–Kier alpha value is -2.59. The van der Waals surface area contributed by atoms with Crippen molar-refractivity contribution in [3.63, 3.8) is 0 Å². The predicted molar refractivity (Wildman–Crippen MR) is 95.8 cm³/mol. The number of hydrogen-bond acceptors (Lipinski definition) is 2. The average Bonchev–Trinajstić information content (AvgIpc) is 2.81. The van der Waals surface area contributed by atoms with Crippen molar-refractivity contribution in [2.24, 2.45) is 5.73 Å². The van der Waals surface area contributed by atoms with E-state index >= 15 is 0 Å². The highest BCUT2D eigenvalue weighted by atomic mass is 35.5. The standard InChI is InChI=1S/C19H17ClN2O2/c1-11-18(12(2)23)15-8-7-13(19(21)24)9-17(15)22(11)10-14-5-3-4-6-16(14)20/h3-9H,10H2,1-2H3,(H2,21,24). The van der Waals surface area contributed by atoms with Crippen molar-refractivity contribution in [1.29, 1.82) is 0 Å². The molecule has 24 heavy (non-hydrogen) atoms. The summed E-state index contributed by atoms with van der Waals surface area (Å²) in [4.78, 5) is 23.6. The van der Waals surface area contributed by atoms with Gasteiger partial charge in [-0.25, -0.2) is 0 Å². The van der Waals surface area contributed by atoms with E-state index in [9.17, 15) is 9.59 Å². The lowest BCUT2D eigenvalue weighted by Crippen LogP contribution is -2.11. The first-order valence-corrected chi connectivity index (χ1v) is 7.95. The first kappa shape index (κ1) is 16.3. The van der Waals surface area contributed by atoms with E-state index in [4.69, 9.17) is 17.3 Å². The zero-order valence-electron chi connectivity index (χ0n) is 13.5. The molecule has 0 unspecified atom stereocenters. The van der Waals surface area contributed by atoms with Gasteiger partial charge in [0, 0.05) is 33.8 Å². The number of aromatic nitrogens is 1. The molecule has 0 aliphatic heterocycles. The molecule has 4 nitrogen and oxygen atoms in total. The van der Waals surface area contributed by atoms with Crippen LogP contribution in [-0.4, -0.2) is 16.3 Å². The van der Waals surface area contributed by atoms with E-state index in [0.717, 1.165) is 22.2 Å². The van der Waals surface area contributed by atoms with Gasteiger partial charge in [-0.2, -0.15) is 0 Å². The summed E-state index contributed by atoms with van der Waals surface area (Å²) in [6.45, 7) is 3.96. The van der Waals surface area contributed by atoms with Gasteiger partial charge < -0.3 is 10.3 Å². The summed E-state index contributed by atoms with van der Waals surface area (Å²) in [6.07, 6.45) is 0. The molecule has 0 aliphatic rings. The Bertz CT molecular complexity index is 973. The Balaban J connectivity index is 2.27. The SMILES string of the molecule is CC(=O)c1c(C)n(Cc2ccccc2Cl)c2cc(C(N)=O)ccc12. The third-order valence-electron chi connectivity index (χ3n) is 4.25. The minimum Gasteiger partial charge on any atom is -0.366 e. The van der Waals surface area contributed by atoms with Gasteiger partial charge in [-0.3, -0.25) is 9.59 Å². The number of carbonyl (C=O) groups excluding carboxylic acids is 2. The summed E-state index contributed by atoms with van der Waals surface area (Å²) in [6, 6.07) is 12.7. The molecule has 0 fully saturated rings. The van der Waals surface area contributed by atoms with Crippen LogP contribution in [0.15, 0.2) is 42.5 Å². The number of hydrogen-bond donors (Lipinski definition) is 1. The lowest BCUT2D eigenvalue weighted by Gasteiger charge is -2.10. The molecule has 5 heteroatoms. The summed E-state index contributed by atoms with van der Waals surface area (Å²) < 4.78 is 2.00. The van der Waals surface area contributed by atoms with Crippen molar-refractivity contribution in [3.8, 4) is 0 Å². The molecule has 122 valence electrons. The third kappa shape index (κ3) is 2.69. The smallest absolute Gasteiger partial charge is 0.248 e. The van der Waals surface area contributed by atoms with E-state index in [1.165, 1.54) is 0 Å². The number of ketones is 1. The molecule has 1 aromatic heterocycles. The summed E-state index contributed by atoms with van der Waals surface area (Å²) >= 11 is 6.27. The monoisotopic (exact) mass is 340 g/mol. The average molecular weight is 341 g/mol. The quantitative estimate of drug-likeness (QED) is 0.731. The first-order chi connectivity index (χ1) is 11.4. The largest absolute Gasteiger partial charge is 0.366 e. The van der Waals surface area contributed by atoms with Crippen molar-refractivity contribution in [2.45, 2.75) is 20.4 Å². The predicted octanol–water partition coefficient (Wildman–Crippen LogP) is 3.95. The fourth-order valence-corrected chi connectivity index (χ4v) is 3.27. The molecule has 3 aromatic rings. The van der Waals surface area contributed by atoms with E-state index in [2.05, 4.69) is 0 Å². The van der Waals surface area contributed by atoms with Crippen LogP contribution in [-0.2, 0) is 6.54 Å². The van der Waals surface area contributed by atoms with Crippen LogP contribution in [0.1, 0.15) is 38.9 Å². The first-order valence-electron chi connectivity index (χ1n) is 7.57. The Morgan fingerprint density at radius 1 is 1.17 bits per heavy atom. The number of nitrogens with two attached hydrogens (primary N) is 1. The zero-order chi connectivity index (χ0) is 17.4. The van der Waals surface area contributed by atoms with Crippen LogP contribution in [0.3, 0.4) is 0 Å². The number of benzene rings is 2. The molecular weight excluding hydrogens is 324 g/mol. The number of carbonyl (C=O) groups is 2. The second-order valence-corrected chi connectivity index (χ2v) is 6.20. The van der Waals surface area contributed by atoms with Crippen molar-refractivity contribution < 1.29 is 9.59 Å². The minimum absolute atomic E-state index is 0.0118. The maximum Gasteiger partial charge on any atom is 0.248 e. The molecule has 2 N–H and O–H groups in total. The Morgan fingerprint density at radius 2 is 1.88 bits per heavy atom. The number of halogens is 1. The molecule has 1 heterocycles. The highest BCUT2D eigenvalue weighted by Gasteiger charge is 2.19. The van der Waals surface area contributed by atoms with Gasteiger partial charge in [-0.05, 0) is 37.6 Å². The third-order valence-corrected chi connectivity index (χ3v) is 4.62. The number of primary amides is 1. The highest BCUT2D eigenvalue weighted by Crippen LogP contribution is 2.29. The molecule has 2 aromatic carbocycles.